The monoisotopic (exact) mass is 566 g/mol. The zero-order valence-electron chi connectivity index (χ0n) is 18.8. The molecule has 0 amide bonds. The molecule has 9 heteroatoms. The third kappa shape index (κ3) is 6.93. The van der Waals surface area contributed by atoms with Crippen molar-refractivity contribution in [2.75, 3.05) is 6.61 Å². The smallest absolute Gasteiger partial charge is 0.192 e. The number of aliphatic imine (C=N–C) groups is 1. The topological polar surface area (TPSA) is 76.4 Å². The first-order valence-corrected chi connectivity index (χ1v) is 11.6. The van der Waals surface area contributed by atoms with E-state index < -0.39 is 0 Å². The molecule has 2 N–H and O–H groups in total. The van der Waals surface area contributed by atoms with Crippen LogP contribution < -0.4 is 15.4 Å². The second-order valence-corrected chi connectivity index (χ2v) is 9.07. The Morgan fingerprint density at radius 2 is 2.00 bits per heavy atom. The Hall–Kier alpha value is -2.14. The Morgan fingerprint density at radius 3 is 2.69 bits per heavy atom. The van der Waals surface area contributed by atoms with Crippen molar-refractivity contribution in [3.8, 4) is 5.75 Å². The van der Waals surface area contributed by atoms with E-state index in [1.54, 1.807) is 11.3 Å². The molecule has 1 aliphatic rings. The molecule has 3 aromatic rings. The summed E-state index contributed by atoms with van der Waals surface area (Å²) in [6, 6.07) is 10.5. The van der Waals surface area contributed by atoms with Gasteiger partial charge < -0.3 is 19.9 Å². The highest BCUT2D eigenvalue weighted by Crippen LogP contribution is 2.31. The quantitative estimate of drug-likeness (QED) is 0.229. The summed E-state index contributed by atoms with van der Waals surface area (Å²) in [7, 11) is 1.97. The molecule has 0 radical (unpaired) electrons. The summed E-state index contributed by atoms with van der Waals surface area (Å²) in [6.07, 6.45) is 2.56. The fraction of sp³-hybridized carbons (Fsp3) is 0.435. The van der Waals surface area contributed by atoms with Gasteiger partial charge in [0.15, 0.2) is 11.8 Å². The van der Waals surface area contributed by atoms with Crippen LogP contribution in [0.1, 0.15) is 40.5 Å². The number of aryl methyl sites for hydroxylation is 2. The largest absolute Gasteiger partial charge is 0.493 e. The van der Waals surface area contributed by atoms with Crippen LogP contribution >= 0.6 is 35.3 Å². The summed E-state index contributed by atoms with van der Waals surface area (Å²) >= 11 is 1.73. The molecule has 0 saturated heterocycles. The molecule has 1 fully saturated rings. The highest BCUT2D eigenvalue weighted by Gasteiger charge is 2.22. The highest BCUT2D eigenvalue weighted by atomic mass is 127. The van der Waals surface area contributed by atoms with Crippen LogP contribution in [0, 0.1) is 19.8 Å². The number of benzene rings is 1. The van der Waals surface area contributed by atoms with Crippen molar-refractivity contribution >= 4 is 41.3 Å². The molecular formula is C23H31IN6OS. The number of ether oxygens (including phenoxy) is 1. The summed E-state index contributed by atoms with van der Waals surface area (Å²) in [5, 5.41) is 17.3. The van der Waals surface area contributed by atoms with Crippen LogP contribution in [-0.2, 0) is 26.7 Å². The molecule has 172 valence electrons. The second kappa shape index (κ2) is 11.6. The molecule has 2 aromatic heterocycles. The molecule has 0 unspecified atom stereocenters. The molecule has 0 aliphatic heterocycles. The lowest BCUT2D eigenvalue weighted by Gasteiger charge is -2.14. The maximum atomic E-state index is 6.11. The molecule has 0 spiro atoms. The number of aromatic nitrogens is 3. The molecule has 0 bridgehead atoms. The van der Waals surface area contributed by atoms with Crippen molar-refractivity contribution in [3.05, 3.63) is 63.4 Å². The first-order chi connectivity index (χ1) is 15.1. The minimum Gasteiger partial charge on any atom is -0.493 e. The number of thiophene rings is 1. The maximum Gasteiger partial charge on any atom is 0.192 e. The van der Waals surface area contributed by atoms with Gasteiger partial charge in [0.2, 0.25) is 0 Å². The average Bonchev–Trinajstić information content (AvgIpc) is 3.35. The van der Waals surface area contributed by atoms with Crippen molar-refractivity contribution in [1.82, 2.24) is 25.4 Å². The van der Waals surface area contributed by atoms with Crippen LogP contribution in [0.2, 0.25) is 0 Å². The van der Waals surface area contributed by atoms with Crippen LogP contribution in [0.5, 0.6) is 5.75 Å². The minimum absolute atomic E-state index is 0. The standard InChI is InChI=1S/C23H30N6OS.HI/c1-16-6-9-19(21(11-16)30-15-18-7-8-18)12-24-23(25-13-20-5-4-10-31-20)26-14-22-28-27-17(2)29(22)3;/h4-6,9-11,18H,7-8,12-15H2,1-3H3,(H2,24,25,26);1H. The average molecular weight is 567 g/mol. The number of hydrogen-bond donors (Lipinski definition) is 2. The van der Waals surface area contributed by atoms with Crippen molar-refractivity contribution < 1.29 is 4.74 Å². The predicted molar refractivity (Wildman–Crippen MR) is 140 cm³/mol. The van der Waals surface area contributed by atoms with E-state index in [4.69, 9.17) is 9.73 Å². The van der Waals surface area contributed by atoms with Gasteiger partial charge in [-0.15, -0.1) is 45.5 Å². The zero-order valence-corrected chi connectivity index (χ0v) is 21.9. The summed E-state index contributed by atoms with van der Waals surface area (Å²) in [4.78, 5) is 6.10. The van der Waals surface area contributed by atoms with E-state index in [9.17, 15) is 0 Å². The van der Waals surface area contributed by atoms with Gasteiger partial charge in [0.1, 0.15) is 11.6 Å². The molecule has 7 nitrogen and oxygen atoms in total. The van der Waals surface area contributed by atoms with Gasteiger partial charge in [-0.05, 0) is 55.7 Å². The number of nitrogens with zero attached hydrogens (tertiary/aromatic N) is 4. The number of rotatable bonds is 9. The molecule has 0 atom stereocenters. The van der Waals surface area contributed by atoms with Crippen LogP contribution in [0.25, 0.3) is 0 Å². The SMILES string of the molecule is Cc1ccc(CN=C(NCc2cccs2)NCc2nnc(C)n2C)c(OCC2CC2)c1.I. The van der Waals surface area contributed by atoms with E-state index >= 15 is 0 Å². The lowest BCUT2D eigenvalue weighted by Crippen LogP contribution is -2.37. The van der Waals surface area contributed by atoms with Gasteiger partial charge in [-0.3, -0.25) is 0 Å². The first kappa shape index (κ1) is 24.5. The lowest BCUT2D eigenvalue weighted by molar-refractivity contribution is 0.296. The van der Waals surface area contributed by atoms with E-state index in [1.165, 1.54) is 23.3 Å². The van der Waals surface area contributed by atoms with E-state index in [0.29, 0.717) is 13.1 Å². The van der Waals surface area contributed by atoms with Gasteiger partial charge in [-0.1, -0.05) is 18.2 Å². The summed E-state index contributed by atoms with van der Waals surface area (Å²) in [6.45, 7) is 6.65. The van der Waals surface area contributed by atoms with Gasteiger partial charge in [0.25, 0.3) is 0 Å². The summed E-state index contributed by atoms with van der Waals surface area (Å²) < 4.78 is 8.09. The van der Waals surface area contributed by atoms with E-state index in [-0.39, 0.29) is 24.0 Å². The maximum absolute atomic E-state index is 6.11. The molecule has 32 heavy (non-hydrogen) atoms. The number of hydrogen-bond acceptors (Lipinski definition) is 5. The van der Waals surface area contributed by atoms with E-state index in [0.717, 1.165) is 48.0 Å². The van der Waals surface area contributed by atoms with Gasteiger partial charge in [0.05, 0.1) is 26.2 Å². The lowest BCUT2D eigenvalue weighted by atomic mass is 10.1. The zero-order chi connectivity index (χ0) is 21.6. The summed E-state index contributed by atoms with van der Waals surface area (Å²) in [5.74, 6) is 4.15. The Balaban J connectivity index is 0.00000289. The van der Waals surface area contributed by atoms with Crippen molar-refractivity contribution in [1.29, 1.82) is 0 Å². The molecule has 1 aliphatic carbocycles. The second-order valence-electron chi connectivity index (χ2n) is 8.04. The van der Waals surface area contributed by atoms with Gasteiger partial charge in [0, 0.05) is 17.5 Å². The Kier molecular flexibility index (Phi) is 8.92. The highest BCUT2D eigenvalue weighted by molar-refractivity contribution is 14.0. The number of nitrogens with one attached hydrogen (secondary N) is 2. The fourth-order valence-electron chi connectivity index (χ4n) is 3.11. The summed E-state index contributed by atoms with van der Waals surface area (Å²) in [5.41, 5.74) is 2.29. The van der Waals surface area contributed by atoms with E-state index in [2.05, 4.69) is 63.5 Å². The van der Waals surface area contributed by atoms with Crippen molar-refractivity contribution in [3.63, 3.8) is 0 Å². The van der Waals surface area contributed by atoms with Crippen LogP contribution in [-0.4, -0.2) is 27.3 Å². The van der Waals surface area contributed by atoms with Crippen LogP contribution in [0.15, 0.2) is 40.7 Å². The first-order valence-electron chi connectivity index (χ1n) is 10.7. The molecule has 2 heterocycles. The van der Waals surface area contributed by atoms with Crippen molar-refractivity contribution in [2.45, 2.75) is 46.3 Å². The fourth-order valence-corrected chi connectivity index (χ4v) is 3.75. The molecule has 1 saturated carbocycles. The Bertz CT molecular complexity index is 1030. The third-order valence-electron chi connectivity index (χ3n) is 5.41. The Morgan fingerprint density at radius 1 is 1.19 bits per heavy atom. The predicted octanol–water partition coefficient (Wildman–Crippen LogP) is 4.34. The number of guanidine groups is 1. The Labute approximate surface area is 210 Å². The third-order valence-corrected chi connectivity index (χ3v) is 6.28. The molecular weight excluding hydrogens is 535 g/mol. The molecule has 1 aromatic carbocycles. The van der Waals surface area contributed by atoms with Crippen LogP contribution in [0.3, 0.4) is 0 Å². The van der Waals surface area contributed by atoms with Gasteiger partial charge in [-0.25, -0.2) is 4.99 Å². The van der Waals surface area contributed by atoms with Crippen LogP contribution in [0.4, 0.5) is 0 Å². The number of halogens is 1. The van der Waals surface area contributed by atoms with Gasteiger partial charge >= 0.3 is 0 Å². The minimum atomic E-state index is 0. The van der Waals surface area contributed by atoms with E-state index in [1.807, 2.05) is 18.5 Å². The molecule has 4 rings (SSSR count). The van der Waals surface area contributed by atoms with Crippen molar-refractivity contribution in [2.24, 2.45) is 18.0 Å². The normalized spacial score (nSPS) is 13.5. The van der Waals surface area contributed by atoms with Gasteiger partial charge in [-0.2, -0.15) is 0 Å².